The molecule has 0 spiro atoms. The Morgan fingerprint density at radius 2 is 1.91 bits per heavy atom. The molecule has 180 valence electrons. The summed E-state index contributed by atoms with van der Waals surface area (Å²) in [5, 5.41) is 10.7. The molecule has 1 aromatic heterocycles. The second kappa shape index (κ2) is 8.12. The van der Waals surface area contributed by atoms with Gasteiger partial charge < -0.3 is 14.9 Å². The molecule has 34 heavy (non-hydrogen) atoms. The Balaban J connectivity index is 1.81. The van der Waals surface area contributed by atoms with E-state index in [1.165, 1.54) is 46.7 Å². The van der Waals surface area contributed by atoms with Gasteiger partial charge in [0.05, 0.1) is 10.6 Å². The number of aromatic hydroxyl groups is 1. The van der Waals surface area contributed by atoms with Gasteiger partial charge in [-0.25, -0.2) is 4.39 Å². The van der Waals surface area contributed by atoms with Crippen LogP contribution in [0.15, 0.2) is 23.0 Å². The van der Waals surface area contributed by atoms with Crippen LogP contribution in [0.25, 0.3) is 0 Å². The van der Waals surface area contributed by atoms with E-state index in [4.69, 9.17) is 11.6 Å². The van der Waals surface area contributed by atoms with Gasteiger partial charge in [-0.1, -0.05) is 17.7 Å². The fraction of sp³-hybridized carbons (Fsp3) is 0.391. The topological polar surface area (TPSA) is 103 Å². The van der Waals surface area contributed by atoms with Crippen molar-refractivity contribution in [2.45, 2.75) is 32.4 Å². The van der Waals surface area contributed by atoms with Crippen LogP contribution < -0.4 is 10.5 Å². The molecule has 3 amide bonds. The minimum absolute atomic E-state index is 0.0804. The quantitative estimate of drug-likeness (QED) is 0.703. The standard InChI is InChI=1S/C23H24ClFN4O5/c1-23(2)22(34)28(11-16(30)26(3)4)19-13-7-8-27(10-12-5-6-15(25)14(24)9-12)20(32)17(13)18(31)21(33)29(19)23/h5-6,9,31H,7-8,10-11H2,1-4H3. The molecule has 11 heteroatoms. The molecule has 2 aromatic rings. The summed E-state index contributed by atoms with van der Waals surface area (Å²) in [6.45, 7) is 3.06. The van der Waals surface area contributed by atoms with Crippen LogP contribution >= 0.6 is 11.6 Å². The van der Waals surface area contributed by atoms with Crippen molar-refractivity contribution in [3.05, 3.63) is 56.1 Å². The van der Waals surface area contributed by atoms with Gasteiger partial charge in [-0.05, 0) is 38.0 Å². The molecule has 0 bridgehead atoms. The summed E-state index contributed by atoms with van der Waals surface area (Å²) in [5.41, 5.74) is -1.51. The summed E-state index contributed by atoms with van der Waals surface area (Å²) < 4.78 is 14.7. The van der Waals surface area contributed by atoms with Crippen molar-refractivity contribution in [3.8, 4) is 5.75 Å². The third-order valence-electron chi connectivity index (χ3n) is 6.29. The number of halogens is 2. The molecule has 0 saturated heterocycles. The number of rotatable bonds is 4. The van der Waals surface area contributed by atoms with Gasteiger partial charge in [0, 0.05) is 32.7 Å². The number of carbonyl (C=O) groups excluding carboxylic acids is 3. The lowest BCUT2D eigenvalue weighted by atomic mass is 9.97. The number of anilines is 1. The zero-order chi connectivity index (χ0) is 25.1. The second-order valence-electron chi connectivity index (χ2n) is 9.13. The number of carbonyl (C=O) groups is 3. The first-order valence-corrected chi connectivity index (χ1v) is 11.0. The van der Waals surface area contributed by atoms with Gasteiger partial charge in [-0.3, -0.25) is 28.6 Å². The number of likely N-dealkylation sites (N-methyl/N-ethyl adjacent to an activating group) is 1. The highest BCUT2D eigenvalue weighted by atomic mass is 35.5. The number of aromatic nitrogens is 1. The highest BCUT2D eigenvalue weighted by Gasteiger charge is 2.49. The van der Waals surface area contributed by atoms with Crippen LogP contribution in [0, 0.1) is 5.82 Å². The lowest BCUT2D eigenvalue weighted by Gasteiger charge is -2.31. The summed E-state index contributed by atoms with van der Waals surface area (Å²) in [4.78, 5) is 56.1. The van der Waals surface area contributed by atoms with E-state index in [0.717, 1.165) is 4.57 Å². The Morgan fingerprint density at radius 1 is 1.24 bits per heavy atom. The molecule has 4 rings (SSSR count). The Morgan fingerprint density at radius 3 is 2.53 bits per heavy atom. The van der Waals surface area contributed by atoms with Gasteiger partial charge in [-0.15, -0.1) is 0 Å². The van der Waals surface area contributed by atoms with E-state index in [9.17, 15) is 28.7 Å². The van der Waals surface area contributed by atoms with Gasteiger partial charge in [0.15, 0.2) is 5.75 Å². The highest BCUT2D eigenvalue weighted by Crippen LogP contribution is 2.41. The molecule has 0 aliphatic carbocycles. The van der Waals surface area contributed by atoms with Crippen LogP contribution in [0.3, 0.4) is 0 Å². The molecule has 9 nitrogen and oxygen atoms in total. The number of fused-ring (bicyclic) bond motifs is 3. The van der Waals surface area contributed by atoms with Crippen molar-refractivity contribution in [3.63, 3.8) is 0 Å². The zero-order valence-corrected chi connectivity index (χ0v) is 19.9. The number of pyridine rings is 1. The maximum atomic E-state index is 13.5. The number of hydrogen-bond donors (Lipinski definition) is 1. The first-order chi connectivity index (χ1) is 15.9. The summed E-state index contributed by atoms with van der Waals surface area (Å²) >= 11 is 5.85. The lowest BCUT2D eigenvalue weighted by Crippen LogP contribution is -2.44. The van der Waals surface area contributed by atoms with Gasteiger partial charge in [-0.2, -0.15) is 0 Å². The predicted molar refractivity (Wildman–Crippen MR) is 123 cm³/mol. The summed E-state index contributed by atoms with van der Waals surface area (Å²) in [5.74, 6) is -2.61. The van der Waals surface area contributed by atoms with Crippen molar-refractivity contribution in [1.29, 1.82) is 0 Å². The molecular formula is C23H24ClFN4O5. The summed E-state index contributed by atoms with van der Waals surface area (Å²) in [6.07, 6.45) is 0.231. The van der Waals surface area contributed by atoms with Crippen molar-refractivity contribution in [1.82, 2.24) is 14.4 Å². The molecule has 3 heterocycles. The monoisotopic (exact) mass is 490 g/mol. The Bertz CT molecular complexity index is 1300. The van der Waals surface area contributed by atoms with Gasteiger partial charge in [0.2, 0.25) is 5.91 Å². The molecule has 0 atom stereocenters. The van der Waals surface area contributed by atoms with Crippen LogP contribution in [-0.2, 0) is 28.1 Å². The van der Waals surface area contributed by atoms with E-state index in [0.29, 0.717) is 11.1 Å². The van der Waals surface area contributed by atoms with E-state index in [1.54, 1.807) is 14.1 Å². The number of hydrogen-bond acceptors (Lipinski definition) is 5. The molecule has 2 aliphatic heterocycles. The normalized spacial score (nSPS) is 16.5. The SMILES string of the molecule is CN(C)C(=O)CN1C(=O)C(C)(C)n2c1c1c(c(O)c2=O)C(=O)N(Cc2ccc(F)c(Cl)c2)CC1. The maximum absolute atomic E-state index is 13.5. The summed E-state index contributed by atoms with van der Waals surface area (Å²) in [6, 6.07) is 4.11. The highest BCUT2D eigenvalue weighted by molar-refractivity contribution is 6.30. The minimum Gasteiger partial charge on any atom is -0.502 e. The van der Waals surface area contributed by atoms with Crippen molar-refractivity contribution >= 4 is 35.1 Å². The molecule has 0 fully saturated rings. The van der Waals surface area contributed by atoms with E-state index in [-0.39, 0.29) is 48.4 Å². The molecule has 0 unspecified atom stereocenters. The van der Waals surface area contributed by atoms with Gasteiger partial charge >= 0.3 is 0 Å². The third kappa shape index (κ3) is 3.53. The average Bonchev–Trinajstić information content (AvgIpc) is 2.96. The molecular weight excluding hydrogens is 467 g/mol. The largest absolute Gasteiger partial charge is 0.502 e. The third-order valence-corrected chi connectivity index (χ3v) is 6.58. The van der Waals surface area contributed by atoms with Crippen LogP contribution in [0.4, 0.5) is 10.2 Å². The fourth-order valence-corrected chi connectivity index (χ4v) is 4.63. The van der Waals surface area contributed by atoms with E-state index in [2.05, 4.69) is 0 Å². The van der Waals surface area contributed by atoms with Crippen molar-refractivity contribution in [2.24, 2.45) is 0 Å². The lowest BCUT2D eigenvalue weighted by molar-refractivity contribution is -0.130. The first kappa shape index (κ1) is 23.7. The molecule has 0 saturated carbocycles. The Hall–Kier alpha value is -3.40. The molecule has 0 radical (unpaired) electrons. The molecule has 1 aromatic carbocycles. The predicted octanol–water partition coefficient (Wildman–Crippen LogP) is 1.71. The van der Waals surface area contributed by atoms with E-state index >= 15 is 0 Å². The maximum Gasteiger partial charge on any atom is 0.296 e. The van der Waals surface area contributed by atoms with Gasteiger partial charge in [0.25, 0.3) is 17.4 Å². The van der Waals surface area contributed by atoms with Crippen molar-refractivity contribution in [2.75, 3.05) is 32.1 Å². The first-order valence-electron chi connectivity index (χ1n) is 10.6. The Kier molecular flexibility index (Phi) is 5.67. The second-order valence-corrected chi connectivity index (χ2v) is 9.54. The number of nitrogens with zero attached hydrogens (tertiary/aromatic N) is 4. The van der Waals surface area contributed by atoms with Crippen LogP contribution in [0.2, 0.25) is 5.02 Å². The van der Waals surface area contributed by atoms with Crippen LogP contribution in [0.1, 0.15) is 35.3 Å². The van der Waals surface area contributed by atoms with E-state index < -0.39 is 34.5 Å². The zero-order valence-electron chi connectivity index (χ0n) is 19.2. The minimum atomic E-state index is -1.35. The Labute approximate surface area is 199 Å². The van der Waals surface area contributed by atoms with E-state index in [1.807, 2.05) is 0 Å². The number of benzene rings is 1. The van der Waals surface area contributed by atoms with Gasteiger partial charge in [0.1, 0.15) is 23.7 Å². The molecule has 1 N–H and O–H groups in total. The average molecular weight is 491 g/mol. The van der Waals surface area contributed by atoms with Crippen LogP contribution in [0.5, 0.6) is 5.75 Å². The van der Waals surface area contributed by atoms with Crippen LogP contribution in [-0.4, -0.2) is 64.4 Å². The molecule has 2 aliphatic rings. The summed E-state index contributed by atoms with van der Waals surface area (Å²) in [7, 11) is 3.10. The number of amides is 3. The fourth-order valence-electron chi connectivity index (χ4n) is 4.43. The smallest absolute Gasteiger partial charge is 0.296 e. The van der Waals surface area contributed by atoms with Crippen molar-refractivity contribution < 1.29 is 23.9 Å².